The molecule has 0 atom stereocenters. The zero-order valence-electron chi connectivity index (χ0n) is 1.00. The molecule has 0 aliphatic heterocycles. The van der Waals surface area contributed by atoms with Gasteiger partial charge in [-0.05, 0) is 0 Å². The van der Waals surface area contributed by atoms with Crippen molar-refractivity contribution in [3.8, 4) is 0 Å². The molecule has 0 saturated heterocycles. The summed E-state index contributed by atoms with van der Waals surface area (Å²) in [7, 11) is 0. The Morgan fingerprint density at radius 2 is 0.750 bits per heavy atom. The van der Waals surface area contributed by atoms with Gasteiger partial charge in [0, 0.05) is 0 Å². The van der Waals surface area contributed by atoms with Gasteiger partial charge in [0.05, 0.1) is 0 Å². The fourth-order valence-corrected chi connectivity index (χ4v) is 0. The van der Waals surface area contributed by atoms with Crippen LogP contribution in [0.25, 0.3) is 0 Å². The number of hydrogen-bond acceptors (Lipinski definition) is 0. The maximum atomic E-state index is 0. The summed E-state index contributed by atoms with van der Waals surface area (Å²) in [6, 6.07) is 0. The maximum Gasteiger partial charge on any atom is 4.00 e. The summed E-state index contributed by atoms with van der Waals surface area (Å²) >= 11 is 0. The van der Waals surface area contributed by atoms with E-state index in [0.29, 0.717) is 0 Å². The molecule has 0 saturated carbocycles. The number of hydrogen-bond donors (Lipinski definition) is 0. The molecule has 0 nitrogen and oxygen atoms in total. The Labute approximate surface area is 97.9 Å². The first kappa shape index (κ1) is 26.4. The molecule has 0 unspecified atom stereocenters. The molecule has 4 heteroatoms. The third-order valence-electron chi connectivity index (χ3n) is 0. The van der Waals surface area contributed by atoms with Gasteiger partial charge in [-0.1, -0.05) is 0 Å². The molecule has 4 heavy (non-hydrogen) atoms. The summed E-state index contributed by atoms with van der Waals surface area (Å²) in [6.07, 6.45) is 0. The fourth-order valence-electron chi connectivity index (χ4n) is 0. The molecule has 0 aliphatic rings. The third kappa shape index (κ3) is 9.02. The van der Waals surface area contributed by atoms with Crippen LogP contribution in [0.15, 0.2) is 0 Å². The molecule has 0 amide bonds. The second-order valence-corrected chi connectivity index (χ2v) is 0. The van der Waals surface area contributed by atoms with Crippen LogP contribution in [0.5, 0.6) is 0 Å². The van der Waals surface area contributed by atoms with Crippen molar-refractivity contribution < 1.29 is 0 Å². The maximum absolute atomic E-state index is 0. The SMILES string of the molecule is [Pb+2].[SbH6-3].[SbH6-3].[Sn+4]. The molecule has 0 aliphatic carbocycles. The van der Waals surface area contributed by atoms with Gasteiger partial charge in [-0.15, -0.1) is 0 Å². The van der Waals surface area contributed by atoms with E-state index in [1.807, 2.05) is 0 Å². The second kappa shape index (κ2) is 16.2. The minimum atomic E-state index is 0. The van der Waals surface area contributed by atoms with Gasteiger partial charge in [-0.25, -0.2) is 0 Å². The van der Waals surface area contributed by atoms with Crippen molar-refractivity contribution in [2.24, 2.45) is 0 Å². The Balaban J connectivity index is 0. The molecule has 0 aromatic heterocycles. The van der Waals surface area contributed by atoms with E-state index >= 15 is 0 Å². The van der Waals surface area contributed by atoms with E-state index in [1.54, 1.807) is 0 Å². The molecule has 0 fully saturated rings. The van der Waals surface area contributed by atoms with E-state index in [9.17, 15) is 0 Å². The average Bonchev–Trinajstić information content (AvgIpc) is 0. The average molecular weight is 582 g/mol. The van der Waals surface area contributed by atoms with Gasteiger partial charge >= 0.3 is 100 Å². The quantitative estimate of drug-likeness (QED) is 0.253. The zero-order chi connectivity index (χ0) is 0. The molecule has 2 radical (unpaired) electrons. The van der Waals surface area contributed by atoms with Crippen LogP contribution in [0.4, 0.5) is 0 Å². The van der Waals surface area contributed by atoms with Crippen LogP contribution in [-0.4, -0.2) is 100 Å². The van der Waals surface area contributed by atoms with Crippen LogP contribution in [0.2, 0.25) is 0 Å². The first-order valence-electron chi connectivity index (χ1n) is 0. The van der Waals surface area contributed by atoms with Crippen LogP contribution < -0.4 is 0 Å². The van der Waals surface area contributed by atoms with Gasteiger partial charge in [-0.2, -0.15) is 0 Å². The Morgan fingerprint density at radius 3 is 0.750 bits per heavy atom. The summed E-state index contributed by atoms with van der Waals surface area (Å²) in [6.45, 7) is 0. The monoisotopic (exact) mass is 582 g/mol. The van der Waals surface area contributed by atoms with E-state index in [2.05, 4.69) is 0 Å². The minimum absolute atomic E-state index is 0. The van der Waals surface area contributed by atoms with Crippen LogP contribution in [0.3, 0.4) is 0 Å². The van der Waals surface area contributed by atoms with Crippen molar-refractivity contribution in [1.29, 1.82) is 0 Å². The van der Waals surface area contributed by atoms with E-state index in [4.69, 9.17) is 0 Å². The topological polar surface area (TPSA) is 0 Å². The van der Waals surface area contributed by atoms with Crippen molar-refractivity contribution in [1.82, 2.24) is 0 Å². The van der Waals surface area contributed by atoms with Crippen molar-refractivity contribution >= 4 is 100 Å². The minimum Gasteiger partial charge on any atom is 4.00 e. The standard InChI is InChI=1S/Pb.2Sb.Sn.12H/q+2;2*-3;+4;;;;;;;;;;;;. The van der Waals surface area contributed by atoms with Gasteiger partial charge in [0.15, 0.2) is 0 Å². The van der Waals surface area contributed by atoms with Crippen LogP contribution in [-0.2, 0) is 0 Å². The van der Waals surface area contributed by atoms with E-state index in [1.165, 1.54) is 0 Å². The van der Waals surface area contributed by atoms with Crippen molar-refractivity contribution in [2.45, 2.75) is 0 Å². The normalized spacial score (nSPS) is 0. The molecule has 0 aromatic carbocycles. The van der Waals surface area contributed by atoms with E-state index < -0.39 is 0 Å². The van der Waals surface area contributed by atoms with Crippen molar-refractivity contribution in [2.75, 3.05) is 0 Å². The van der Waals surface area contributed by atoms with Gasteiger partial charge < -0.3 is 0 Å². The van der Waals surface area contributed by atoms with Gasteiger partial charge in [0.2, 0.25) is 0 Å². The van der Waals surface area contributed by atoms with Crippen LogP contribution in [0, 0.1) is 0 Å². The van der Waals surface area contributed by atoms with Gasteiger partial charge in [-0.3, -0.25) is 0 Å². The Kier molecular flexibility index (Phi) is 107. The largest absolute Gasteiger partial charge is 4.00 e. The first-order chi connectivity index (χ1) is 0. The smallest absolute Gasteiger partial charge is 4.00 e. The Bertz CT molecular complexity index is 6.00. The van der Waals surface area contributed by atoms with Gasteiger partial charge in [0.1, 0.15) is 0 Å². The molecular formula is H12PbSb2Sn. The third-order valence-corrected chi connectivity index (χ3v) is 0. The Morgan fingerprint density at radius 1 is 0.750 bits per heavy atom. The summed E-state index contributed by atoms with van der Waals surface area (Å²) in [5.41, 5.74) is 0. The molecule has 0 N–H and O–H groups in total. The number of rotatable bonds is 0. The molecule has 0 heterocycles. The molecule has 0 aromatic rings. The van der Waals surface area contributed by atoms with E-state index in [-0.39, 0.29) is 100 Å². The predicted molar refractivity (Wildman–Crippen MR) is 39.8 cm³/mol. The molecule has 0 rings (SSSR count). The fraction of sp³-hybridized carbons (Fsp3) is 0. The molecule has 30 valence electrons. The van der Waals surface area contributed by atoms with Crippen molar-refractivity contribution in [3.05, 3.63) is 0 Å². The van der Waals surface area contributed by atoms with E-state index in [0.717, 1.165) is 0 Å². The van der Waals surface area contributed by atoms with Crippen molar-refractivity contribution in [3.63, 3.8) is 0 Å². The summed E-state index contributed by atoms with van der Waals surface area (Å²) in [5.74, 6) is 0. The first-order valence-corrected chi connectivity index (χ1v) is 0. The van der Waals surface area contributed by atoms with Gasteiger partial charge in [0.25, 0.3) is 0 Å². The zero-order valence-corrected chi connectivity index (χ0v) is 7.74. The summed E-state index contributed by atoms with van der Waals surface area (Å²) in [4.78, 5) is 0. The second-order valence-electron chi connectivity index (χ2n) is 0. The van der Waals surface area contributed by atoms with Crippen LogP contribution in [0.1, 0.15) is 0 Å². The molecular weight excluding hydrogens is 569 g/mol. The van der Waals surface area contributed by atoms with Crippen LogP contribution >= 0.6 is 0 Å². The molecule has 0 spiro atoms. The molecule has 0 bridgehead atoms. The Hall–Kier alpha value is 3.36. The predicted octanol–water partition coefficient (Wildman–Crippen LogP) is -4.74. The summed E-state index contributed by atoms with van der Waals surface area (Å²) < 4.78 is 0. The summed E-state index contributed by atoms with van der Waals surface area (Å²) in [5, 5.41) is 0.